The zero-order valence-corrected chi connectivity index (χ0v) is 11.0. The molecule has 1 atom stereocenters. The van der Waals surface area contributed by atoms with E-state index < -0.39 is 0 Å². The third-order valence-electron chi connectivity index (χ3n) is 3.07. The molecule has 1 amide bonds. The number of carbonyl (C=O) groups is 1. The normalized spacial score (nSPS) is 18.4. The molecule has 2 heterocycles. The molecule has 2 rings (SSSR count). The van der Waals surface area contributed by atoms with Gasteiger partial charge in [-0.1, -0.05) is 0 Å². The second kappa shape index (κ2) is 7.86. The van der Waals surface area contributed by atoms with E-state index in [-0.39, 0.29) is 5.91 Å². The summed E-state index contributed by atoms with van der Waals surface area (Å²) < 4.78 is 10.8. The molecule has 1 aromatic rings. The van der Waals surface area contributed by atoms with Crippen molar-refractivity contribution in [3.63, 3.8) is 0 Å². The first kappa shape index (κ1) is 14.0. The standard InChI is InChI=1S/C14H20N2O3/c17-14(13-2-6-15-7-3-13)16-5-1-8-18-10-12-4-9-19-11-12/h2-3,6-7,12H,1,4-5,8-11H2,(H,16,17). The maximum absolute atomic E-state index is 11.7. The second-order valence-electron chi connectivity index (χ2n) is 4.65. The van der Waals surface area contributed by atoms with Gasteiger partial charge in [-0.3, -0.25) is 9.78 Å². The number of nitrogens with one attached hydrogen (secondary N) is 1. The van der Waals surface area contributed by atoms with Gasteiger partial charge in [-0.05, 0) is 25.0 Å². The highest BCUT2D eigenvalue weighted by Gasteiger charge is 2.15. The number of aromatic nitrogens is 1. The van der Waals surface area contributed by atoms with Gasteiger partial charge in [0.2, 0.25) is 0 Å². The molecule has 1 fully saturated rings. The van der Waals surface area contributed by atoms with Crippen molar-refractivity contribution < 1.29 is 14.3 Å². The van der Waals surface area contributed by atoms with Crippen molar-refractivity contribution in [2.24, 2.45) is 5.92 Å². The van der Waals surface area contributed by atoms with Gasteiger partial charge in [0.05, 0.1) is 13.2 Å². The second-order valence-corrected chi connectivity index (χ2v) is 4.65. The first-order valence-electron chi connectivity index (χ1n) is 6.70. The third-order valence-corrected chi connectivity index (χ3v) is 3.07. The minimum atomic E-state index is -0.0633. The van der Waals surface area contributed by atoms with Crippen LogP contribution in [-0.2, 0) is 9.47 Å². The summed E-state index contributed by atoms with van der Waals surface area (Å²) in [6.45, 7) is 3.74. The van der Waals surface area contributed by atoms with Crippen LogP contribution in [0.1, 0.15) is 23.2 Å². The SMILES string of the molecule is O=C(NCCCOCC1CCOC1)c1ccncc1. The zero-order valence-electron chi connectivity index (χ0n) is 11.0. The van der Waals surface area contributed by atoms with Gasteiger partial charge in [-0.15, -0.1) is 0 Å². The van der Waals surface area contributed by atoms with Crippen molar-refractivity contribution in [1.29, 1.82) is 0 Å². The predicted octanol–water partition coefficient (Wildman–Crippen LogP) is 1.25. The molecule has 0 saturated carbocycles. The number of ether oxygens (including phenoxy) is 2. The van der Waals surface area contributed by atoms with Crippen molar-refractivity contribution in [1.82, 2.24) is 10.3 Å². The van der Waals surface area contributed by atoms with Crippen LogP contribution in [0.25, 0.3) is 0 Å². The molecular formula is C14H20N2O3. The number of pyridine rings is 1. The molecule has 0 radical (unpaired) electrons. The van der Waals surface area contributed by atoms with E-state index in [2.05, 4.69) is 10.3 Å². The van der Waals surface area contributed by atoms with Crippen LogP contribution >= 0.6 is 0 Å². The minimum absolute atomic E-state index is 0.0633. The Bertz CT molecular complexity index is 378. The van der Waals surface area contributed by atoms with Crippen molar-refractivity contribution in [2.45, 2.75) is 12.8 Å². The number of carbonyl (C=O) groups excluding carboxylic acids is 1. The topological polar surface area (TPSA) is 60.5 Å². The molecule has 5 heteroatoms. The molecular weight excluding hydrogens is 244 g/mol. The van der Waals surface area contributed by atoms with Crippen LogP contribution in [0.3, 0.4) is 0 Å². The maximum atomic E-state index is 11.7. The summed E-state index contributed by atoms with van der Waals surface area (Å²) in [6, 6.07) is 3.40. The van der Waals surface area contributed by atoms with Gasteiger partial charge in [0.15, 0.2) is 0 Å². The summed E-state index contributed by atoms with van der Waals surface area (Å²) in [5, 5.41) is 2.86. The molecule has 1 aliphatic rings. The lowest BCUT2D eigenvalue weighted by Gasteiger charge is -2.09. The fourth-order valence-electron chi connectivity index (χ4n) is 1.95. The molecule has 0 spiro atoms. The highest BCUT2D eigenvalue weighted by atomic mass is 16.5. The minimum Gasteiger partial charge on any atom is -0.381 e. The van der Waals surface area contributed by atoms with E-state index in [9.17, 15) is 4.79 Å². The average Bonchev–Trinajstić information content (AvgIpc) is 2.96. The Morgan fingerprint density at radius 3 is 3.05 bits per heavy atom. The van der Waals surface area contributed by atoms with Crippen LogP contribution in [0.4, 0.5) is 0 Å². The fraction of sp³-hybridized carbons (Fsp3) is 0.571. The molecule has 1 aliphatic heterocycles. The van der Waals surface area contributed by atoms with Crippen LogP contribution in [0.2, 0.25) is 0 Å². The van der Waals surface area contributed by atoms with Crippen molar-refractivity contribution >= 4 is 5.91 Å². The Kier molecular flexibility index (Phi) is 5.78. The van der Waals surface area contributed by atoms with E-state index in [1.165, 1.54) is 0 Å². The van der Waals surface area contributed by atoms with E-state index in [1.807, 2.05) is 0 Å². The highest BCUT2D eigenvalue weighted by molar-refractivity contribution is 5.93. The largest absolute Gasteiger partial charge is 0.381 e. The molecule has 5 nitrogen and oxygen atoms in total. The molecule has 0 aromatic carbocycles. The summed E-state index contributed by atoms with van der Waals surface area (Å²) in [6.07, 6.45) is 5.15. The molecule has 19 heavy (non-hydrogen) atoms. The van der Waals surface area contributed by atoms with Gasteiger partial charge in [0, 0.05) is 43.6 Å². The van der Waals surface area contributed by atoms with Crippen LogP contribution in [0.15, 0.2) is 24.5 Å². The number of hydrogen-bond acceptors (Lipinski definition) is 4. The lowest BCUT2D eigenvalue weighted by Crippen LogP contribution is -2.25. The lowest BCUT2D eigenvalue weighted by molar-refractivity contribution is 0.0853. The molecule has 1 aromatic heterocycles. The van der Waals surface area contributed by atoms with Crippen molar-refractivity contribution in [3.05, 3.63) is 30.1 Å². The Morgan fingerprint density at radius 1 is 1.47 bits per heavy atom. The van der Waals surface area contributed by atoms with Crippen molar-refractivity contribution in [2.75, 3.05) is 33.0 Å². The number of rotatable bonds is 7. The van der Waals surface area contributed by atoms with Gasteiger partial charge in [0.1, 0.15) is 0 Å². The monoisotopic (exact) mass is 264 g/mol. The summed E-state index contributed by atoms with van der Waals surface area (Å²) >= 11 is 0. The quantitative estimate of drug-likeness (QED) is 0.753. The number of hydrogen-bond donors (Lipinski definition) is 1. The first-order chi connectivity index (χ1) is 9.36. The van der Waals surface area contributed by atoms with Gasteiger partial charge >= 0.3 is 0 Å². The molecule has 0 aliphatic carbocycles. The summed E-state index contributed by atoms with van der Waals surface area (Å²) in [5.74, 6) is 0.484. The van der Waals surface area contributed by atoms with Crippen LogP contribution in [0, 0.1) is 5.92 Å². The Hall–Kier alpha value is -1.46. The number of amides is 1. The average molecular weight is 264 g/mol. The Balaban J connectivity index is 1.51. The van der Waals surface area contributed by atoms with E-state index in [4.69, 9.17) is 9.47 Å². The zero-order chi connectivity index (χ0) is 13.3. The van der Waals surface area contributed by atoms with Gasteiger partial charge in [-0.25, -0.2) is 0 Å². The molecule has 0 bridgehead atoms. The van der Waals surface area contributed by atoms with E-state index in [1.54, 1.807) is 24.5 Å². The highest BCUT2D eigenvalue weighted by Crippen LogP contribution is 2.12. The van der Waals surface area contributed by atoms with E-state index in [0.717, 1.165) is 32.7 Å². The van der Waals surface area contributed by atoms with E-state index in [0.29, 0.717) is 24.6 Å². The van der Waals surface area contributed by atoms with Crippen LogP contribution in [-0.4, -0.2) is 43.9 Å². The van der Waals surface area contributed by atoms with Gasteiger partial charge in [-0.2, -0.15) is 0 Å². The van der Waals surface area contributed by atoms with Crippen molar-refractivity contribution in [3.8, 4) is 0 Å². The molecule has 1 N–H and O–H groups in total. The number of nitrogens with zero attached hydrogens (tertiary/aromatic N) is 1. The fourth-order valence-corrected chi connectivity index (χ4v) is 1.95. The Morgan fingerprint density at radius 2 is 2.32 bits per heavy atom. The maximum Gasteiger partial charge on any atom is 0.251 e. The predicted molar refractivity (Wildman–Crippen MR) is 70.9 cm³/mol. The molecule has 104 valence electrons. The summed E-state index contributed by atoms with van der Waals surface area (Å²) in [7, 11) is 0. The molecule has 1 unspecified atom stereocenters. The van der Waals surface area contributed by atoms with E-state index >= 15 is 0 Å². The summed E-state index contributed by atoms with van der Waals surface area (Å²) in [4.78, 5) is 15.6. The first-order valence-corrected chi connectivity index (χ1v) is 6.70. The smallest absolute Gasteiger partial charge is 0.251 e. The van der Waals surface area contributed by atoms with Gasteiger partial charge < -0.3 is 14.8 Å². The Labute approximate surface area is 113 Å². The molecule has 1 saturated heterocycles. The third kappa shape index (κ3) is 4.96. The van der Waals surface area contributed by atoms with Gasteiger partial charge in [0.25, 0.3) is 5.91 Å². The van der Waals surface area contributed by atoms with Crippen LogP contribution < -0.4 is 5.32 Å². The summed E-state index contributed by atoms with van der Waals surface area (Å²) in [5.41, 5.74) is 0.638. The van der Waals surface area contributed by atoms with Crippen LogP contribution in [0.5, 0.6) is 0 Å². The lowest BCUT2D eigenvalue weighted by atomic mass is 10.1.